The van der Waals surface area contributed by atoms with E-state index in [9.17, 15) is 19.5 Å². The molecule has 0 spiro atoms. The van der Waals surface area contributed by atoms with Crippen LogP contribution in [-0.2, 0) is 58.7 Å². The van der Waals surface area contributed by atoms with Gasteiger partial charge < -0.3 is 14.6 Å². The second-order valence-electron chi connectivity index (χ2n) is 22.1. The average Bonchev–Trinajstić information content (AvgIpc) is 2.05. The summed E-state index contributed by atoms with van der Waals surface area (Å²) < 4.78 is 17.4. The topological polar surface area (TPSA) is 147 Å². The Hall–Kier alpha value is -10.2. The number of hydrogen-bond donors (Lipinski definition) is 1. The van der Waals surface area contributed by atoms with Gasteiger partial charge in [0, 0.05) is 55.8 Å². The highest BCUT2D eigenvalue weighted by molar-refractivity contribution is 5.66. The minimum absolute atomic E-state index is 0.0497. The van der Waals surface area contributed by atoms with Gasteiger partial charge in [-0.25, -0.2) is 15.0 Å². The van der Waals surface area contributed by atoms with Crippen LogP contribution in [0.25, 0.3) is 34.2 Å². The quantitative estimate of drug-likeness (QED) is 0.0782. The first-order valence-corrected chi connectivity index (χ1v) is 30.5. The Morgan fingerprint density at radius 1 is 0.382 bits per heavy atom. The third kappa shape index (κ3) is 17.5. The zero-order valence-corrected chi connectivity index (χ0v) is 50.6. The average molecular weight is 1180 g/mol. The SMILES string of the molecule is Cc1cc(=O)n(CCc2ccccc2)c(-c2ccccc2OCc2ccccc2)n1.Cc1cc(=O)n(CCc2ccccc2)c(-c2ccccc2OCc2ccccc2)n1.O=c1cc(CN2CCCCC2)nc(-c2ccccc2O)n1CCc1ccccc1. The maximum absolute atomic E-state index is 13.0. The number of aromatic nitrogens is 6. The lowest BCUT2D eigenvalue weighted by Gasteiger charge is -2.26. The maximum Gasteiger partial charge on any atom is 0.254 e. The van der Waals surface area contributed by atoms with Crippen molar-refractivity contribution in [2.75, 3.05) is 13.1 Å². The van der Waals surface area contributed by atoms with E-state index in [0.29, 0.717) is 85.3 Å². The molecule has 0 atom stereocenters. The molecule has 8 aromatic carbocycles. The minimum atomic E-state index is -0.0683. The Labute approximate surface area is 520 Å². The summed E-state index contributed by atoms with van der Waals surface area (Å²) >= 11 is 0. The lowest BCUT2D eigenvalue weighted by atomic mass is 10.1. The zero-order valence-electron chi connectivity index (χ0n) is 50.6. The van der Waals surface area contributed by atoms with Crippen LogP contribution in [0.2, 0.25) is 0 Å². The standard InChI is InChI=1S/2C26H24N2O2.C24H27N3O2/c2*1-20-18-25(29)28(17-16-21-10-4-2-5-11-21)26(27-20)23-14-8-9-15-24(23)30-19-22-12-6-3-7-13-22;28-22-12-6-5-11-21(22)24-25-20(18-26-14-7-2-8-15-26)17-23(29)27(24)16-13-19-9-3-1-4-10-19/h2*2-15,18H,16-17,19H2,1H3;1,3-6,9-12,17,28H,2,7-8,13-16,18H2. The van der Waals surface area contributed by atoms with E-state index >= 15 is 0 Å². The molecule has 1 aliphatic heterocycles. The number of nitrogens with zero attached hydrogens (tertiary/aromatic N) is 7. The molecule has 13 heteroatoms. The predicted molar refractivity (Wildman–Crippen MR) is 354 cm³/mol. The fourth-order valence-corrected chi connectivity index (χ4v) is 10.8. The number of phenols is 1. The van der Waals surface area contributed by atoms with Crippen LogP contribution in [-0.4, -0.2) is 51.7 Å². The third-order valence-electron chi connectivity index (χ3n) is 15.4. The van der Waals surface area contributed by atoms with Crippen molar-refractivity contribution in [3.8, 4) is 51.4 Å². The number of benzene rings is 8. The van der Waals surface area contributed by atoms with Gasteiger partial charge in [-0.2, -0.15) is 0 Å². The van der Waals surface area contributed by atoms with Gasteiger partial charge in [0.25, 0.3) is 16.7 Å². The number of ether oxygens (including phenoxy) is 2. The van der Waals surface area contributed by atoms with Crippen LogP contribution >= 0.6 is 0 Å². The van der Waals surface area contributed by atoms with Crippen LogP contribution in [0, 0.1) is 13.8 Å². The molecule has 12 rings (SSSR count). The molecule has 0 radical (unpaired) electrons. The number of piperidine rings is 1. The first kappa shape index (κ1) is 61.8. The van der Waals surface area contributed by atoms with Crippen molar-refractivity contribution in [3.63, 3.8) is 0 Å². The first-order valence-electron chi connectivity index (χ1n) is 30.5. The van der Waals surface area contributed by atoms with Crippen molar-refractivity contribution in [2.24, 2.45) is 0 Å². The van der Waals surface area contributed by atoms with Crippen LogP contribution in [0.1, 0.15) is 64.2 Å². The van der Waals surface area contributed by atoms with Crippen LogP contribution in [0.15, 0.2) is 257 Å². The van der Waals surface area contributed by atoms with Crippen molar-refractivity contribution in [2.45, 2.75) is 91.8 Å². The highest BCUT2D eigenvalue weighted by atomic mass is 16.5. The van der Waals surface area contributed by atoms with Crippen molar-refractivity contribution in [3.05, 3.63) is 319 Å². The molecule has 1 saturated heterocycles. The van der Waals surface area contributed by atoms with E-state index in [1.165, 1.54) is 36.0 Å². The summed E-state index contributed by atoms with van der Waals surface area (Å²) in [7, 11) is 0. The van der Waals surface area contributed by atoms with E-state index < -0.39 is 0 Å². The molecule has 3 aromatic heterocycles. The summed E-state index contributed by atoms with van der Waals surface area (Å²) in [5.74, 6) is 3.39. The molecule has 0 saturated carbocycles. The number of phenolic OH excluding ortho intramolecular Hbond substituents is 1. The molecule has 1 N–H and O–H groups in total. The number of likely N-dealkylation sites (tertiary alicyclic amines) is 1. The van der Waals surface area contributed by atoms with Gasteiger partial charge in [-0.1, -0.05) is 194 Å². The Morgan fingerprint density at radius 2 is 0.719 bits per heavy atom. The highest BCUT2D eigenvalue weighted by Gasteiger charge is 2.19. The van der Waals surface area contributed by atoms with E-state index in [1.54, 1.807) is 44.0 Å². The van der Waals surface area contributed by atoms with E-state index in [2.05, 4.69) is 41.3 Å². The molecule has 89 heavy (non-hydrogen) atoms. The fourth-order valence-electron chi connectivity index (χ4n) is 10.8. The number of aromatic hydroxyl groups is 1. The molecule has 450 valence electrons. The Balaban J connectivity index is 0.000000147. The first-order chi connectivity index (χ1) is 43.6. The monoisotopic (exact) mass is 1180 g/mol. The maximum atomic E-state index is 13.0. The van der Waals surface area contributed by atoms with Gasteiger partial charge in [-0.05, 0) is 123 Å². The summed E-state index contributed by atoms with van der Waals surface area (Å²) in [6.45, 7) is 9.00. The van der Waals surface area contributed by atoms with Crippen LogP contribution in [0.5, 0.6) is 17.2 Å². The van der Waals surface area contributed by atoms with Gasteiger partial charge in [0.2, 0.25) is 0 Å². The number of hydrogen-bond acceptors (Lipinski definition) is 10. The summed E-state index contributed by atoms with van der Waals surface area (Å²) in [6, 6.07) is 78.0. The Kier molecular flexibility index (Phi) is 21.8. The van der Waals surface area contributed by atoms with Gasteiger partial charge in [0.05, 0.1) is 22.4 Å². The Morgan fingerprint density at radius 3 is 1.12 bits per heavy atom. The predicted octanol–water partition coefficient (Wildman–Crippen LogP) is 13.9. The number of para-hydroxylation sites is 3. The molecule has 0 unspecified atom stereocenters. The third-order valence-corrected chi connectivity index (χ3v) is 15.4. The smallest absolute Gasteiger partial charge is 0.254 e. The van der Waals surface area contributed by atoms with Gasteiger partial charge in [-0.15, -0.1) is 0 Å². The molecule has 0 aliphatic carbocycles. The summed E-state index contributed by atoms with van der Waals surface area (Å²) in [4.78, 5) is 55.3. The van der Waals surface area contributed by atoms with Gasteiger partial charge in [-0.3, -0.25) is 33.0 Å². The molecular weight excluding hydrogens is 1110 g/mol. The molecular formula is C76H75N7O6. The largest absolute Gasteiger partial charge is 0.507 e. The second-order valence-corrected chi connectivity index (χ2v) is 22.1. The lowest BCUT2D eigenvalue weighted by molar-refractivity contribution is 0.218. The molecule has 1 fully saturated rings. The van der Waals surface area contributed by atoms with E-state index in [4.69, 9.17) is 24.4 Å². The summed E-state index contributed by atoms with van der Waals surface area (Å²) in [5.41, 5.74) is 9.95. The van der Waals surface area contributed by atoms with Crippen molar-refractivity contribution >= 4 is 0 Å². The van der Waals surface area contributed by atoms with Crippen molar-refractivity contribution < 1.29 is 14.6 Å². The number of rotatable bonds is 20. The normalized spacial score (nSPS) is 12.0. The molecule has 0 amide bonds. The fraction of sp³-hybridized carbons (Fsp3) is 0.211. The second kappa shape index (κ2) is 31.4. The molecule has 1 aliphatic rings. The van der Waals surface area contributed by atoms with Gasteiger partial charge in [0.1, 0.15) is 47.9 Å². The van der Waals surface area contributed by atoms with Crippen LogP contribution < -0.4 is 26.2 Å². The molecule has 13 nitrogen and oxygen atoms in total. The molecule has 4 heterocycles. The van der Waals surface area contributed by atoms with Crippen LogP contribution in [0.3, 0.4) is 0 Å². The summed E-state index contributed by atoms with van der Waals surface area (Å²) in [5, 5.41) is 10.4. The van der Waals surface area contributed by atoms with Crippen LogP contribution in [0.4, 0.5) is 0 Å². The van der Waals surface area contributed by atoms with E-state index in [0.717, 1.165) is 60.3 Å². The van der Waals surface area contributed by atoms with E-state index in [1.807, 2.05) is 190 Å². The Bertz CT molecular complexity index is 4020. The highest BCUT2D eigenvalue weighted by Crippen LogP contribution is 2.32. The van der Waals surface area contributed by atoms with Gasteiger partial charge in [0.15, 0.2) is 0 Å². The summed E-state index contributed by atoms with van der Waals surface area (Å²) in [6.07, 6.45) is 5.90. The lowest BCUT2D eigenvalue weighted by Crippen LogP contribution is -2.31. The molecule has 0 bridgehead atoms. The van der Waals surface area contributed by atoms with Crippen molar-refractivity contribution in [1.29, 1.82) is 0 Å². The van der Waals surface area contributed by atoms with Gasteiger partial charge >= 0.3 is 0 Å². The zero-order chi connectivity index (χ0) is 61.6. The minimum Gasteiger partial charge on any atom is -0.507 e. The van der Waals surface area contributed by atoms with Crippen molar-refractivity contribution in [1.82, 2.24) is 33.6 Å². The molecule has 11 aromatic rings. The van der Waals surface area contributed by atoms with E-state index in [-0.39, 0.29) is 22.4 Å². The number of aryl methyl sites for hydroxylation is 5.